The van der Waals surface area contributed by atoms with Gasteiger partial charge in [-0.15, -0.1) is 0 Å². The number of hydrogen-bond acceptors (Lipinski definition) is 5. The molecule has 3 rings (SSSR count). The van der Waals surface area contributed by atoms with Gasteiger partial charge < -0.3 is 18.0 Å². The van der Waals surface area contributed by atoms with Crippen molar-refractivity contribution >= 4 is 19.5 Å². The first-order valence-corrected chi connectivity index (χ1v) is 16.5. The minimum absolute atomic E-state index is 0.00316. The molecule has 44 heavy (non-hydrogen) atoms. The smallest absolute Gasteiger partial charge is 0.378 e. The third kappa shape index (κ3) is 7.45. The normalized spacial score (nSPS) is 13.5. The molecule has 0 N–H and O–H groups in total. The van der Waals surface area contributed by atoms with Crippen molar-refractivity contribution in [2.24, 2.45) is 0 Å². The molecular weight excluding hydrogens is 620 g/mol. The second-order valence-electron chi connectivity index (χ2n) is 10.4. The molecule has 0 fully saturated rings. The van der Waals surface area contributed by atoms with Crippen LogP contribution in [0.4, 0.5) is 35.1 Å². The summed E-state index contributed by atoms with van der Waals surface area (Å²) in [5.41, 5.74) is 1.20. The zero-order valence-corrected chi connectivity index (χ0v) is 25.6. The van der Waals surface area contributed by atoms with E-state index < -0.39 is 63.4 Å². The van der Waals surface area contributed by atoms with Crippen LogP contribution in [0.2, 0.25) is 12.6 Å². The minimum Gasteiger partial charge on any atom is -0.493 e. The van der Waals surface area contributed by atoms with E-state index in [0.717, 1.165) is 18.1 Å². The lowest BCUT2D eigenvalue weighted by Crippen LogP contribution is -2.62. The number of hydrogen-bond donors (Lipinski definition) is 0. The van der Waals surface area contributed by atoms with Gasteiger partial charge in [-0.25, -0.2) is 4.79 Å². The van der Waals surface area contributed by atoms with Gasteiger partial charge in [-0.05, 0) is 62.2 Å². The molecule has 0 aliphatic carbocycles. The maximum absolute atomic E-state index is 14.5. The van der Waals surface area contributed by atoms with Gasteiger partial charge in [-0.3, -0.25) is 0 Å². The Morgan fingerprint density at radius 2 is 1.34 bits per heavy atom. The Hall–Kier alpha value is -2.97. The Bertz CT molecular complexity index is 1450. The molecule has 244 valence electrons. The Kier molecular flexibility index (Phi) is 11.0. The summed E-state index contributed by atoms with van der Waals surface area (Å²) in [6, 6.07) is 11.8. The molecule has 1 aromatic heterocycles. The lowest BCUT2D eigenvalue weighted by Gasteiger charge is -2.37. The summed E-state index contributed by atoms with van der Waals surface area (Å²) in [5, 5.41) is 0.429. The molecule has 0 bridgehead atoms. The topological polar surface area (TPSA) is 57.9 Å². The number of fused-ring (bicyclic) bond motifs is 1. The van der Waals surface area contributed by atoms with E-state index >= 15 is 0 Å². The Morgan fingerprint density at radius 3 is 1.89 bits per heavy atom. The van der Waals surface area contributed by atoms with E-state index in [0.29, 0.717) is 10.9 Å². The van der Waals surface area contributed by atoms with Crippen LogP contribution in [0.25, 0.3) is 22.1 Å². The molecule has 5 nitrogen and oxygen atoms in total. The first-order valence-electron chi connectivity index (χ1n) is 14.0. The molecule has 0 spiro atoms. The molecular formula is C30H34F8O5Si. The fraction of sp³-hybridized carbons (Fsp3) is 0.500. The monoisotopic (exact) mass is 654 g/mol. The van der Waals surface area contributed by atoms with Crippen molar-refractivity contribution in [2.75, 3.05) is 19.8 Å². The van der Waals surface area contributed by atoms with Gasteiger partial charge in [0.2, 0.25) is 0 Å². The Labute approximate surface area is 250 Å². The van der Waals surface area contributed by atoms with Gasteiger partial charge in [0.15, 0.2) is 0 Å². The highest BCUT2D eigenvalue weighted by atomic mass is 28.4. The van der Waals surface area contributed by atoms with E-state index in [1.165, 1.54) is 38.6 Å². The highest BCUT2D eigenvalue weighted by Crippen LogP contribution is 2.55. The van der Waals surface area contributed by atoms with Crippen molar-refractivity contribution in [3.63, 3.8) is 0 Å². The summed E-state index contributed by atoms with van der Waals surface area (Å²) in [5.74, 6) is -24.1. The third-order valence-electron chi connectivity index (χ3n) is 7.17. The number of alkyl halides is 8. The molecule has 0 amide bonds. The molecule has 0 saturated heterocycles. The lowest BCUT2D eigenvalue weighted by atomic mass is 9.95. The molecule has 0 saturated carbocycles. The SMILES string of the molecule is CCO[Si](C)(CCC(F)(F)C(F)(F)C(F)(F)C(F)(F)CCOc1ccc2cc(-c3ccc(CC)cc3)c(=O)oc2c1)OCC. The molecule has 3 aromatic rings. The number of benzene rings is 2. The molecule has 14 heteroatoms. The summed E-state index contributed by atoms with van der Waals surface area (Å²) in [6.07, 6.45) is -3.05. The molecule has 0 aliphatic heterocycles. The highest BCUT2D eigenvalue weighted by Gasteiger charge is 2.79. The Morgan fingerprint density at radius 1 is 0.773 bits per heavy atom. The average molecular weight is 655 g/mol. The predicted molar refractivity (Wildman–Crippen MR) is 151 cm³/mol. The van der Waals surface area contributed by atoms with Crippen LogP contribution in [0, 0.1) is 0 Å². The lowest BCUT2D eigenvalue weighted by molar-refractivity contribution is -0.367. The zero-order chi connectivity index (χ0) is 33.0. The van der Waals surface area contributed by atoms with Crippen molar-refractivity contribution in [3.8, 4) is 16.9 Å². The van der Waals surface area contributed by atoms with Crippen LogP contribution >= 0.6 is 0 Å². The van der Waals surface area contributed by atoms with Gasteiger partial charge >= 0.3 is 37.9 Å². The number of rotatable bonds is 16. The summed E-state index contributed by atoms with van der Waals surface area (Å²) < 4.78 is 136. The number of ether oxygens (including phenoxy) is 1. The maximum Gasteiger partial charge on any atom is 0.378 e. The Balaban J connectivity index is 1.71. The van der Waals surface area contributed by atoms with Gasteiger partial charge in [-0.1, -0.05) is 31.2 Å². The standard InChI is InChI=1S/C30H34F8O5Si/c1-5-20-8-10-21(11-9-20)24-18-22-12-13-23(19-25(22)43-26(24)39)40-16-14-27(31,32)29(35,36)30(37,38)28(33,34)15-17-44(4,41-6-2)42-7-3/h8-13,18-19H,5-7,14-17H2,1-4H3. The van der Waals surface area contributed by atoms with Crippen LogP contribution in [0.5, 0.6) is 5.75 Å². The van der Waals surface area contributed by atoms with Crippen molar-refractivity contribution in [2.45, 2.75) is 76.3 Å². The van der Waals surface area contributed by atoms with Crippen molar-refractivity contribution in [3.05, 3.63) is 64.5 Å². The van der Waals surface area contributed by atoms with Crippen LogP contribution in [-0.4, -0.2) is 52.1 Å². The quantitative estimate of drug-likeness (QED) is 0.0878. The van der Waals surface area contributed by atoms with Crippen molar-refractivity contribution < 1.29 is 53.1 Å². The van der Waals surface area contributed by atoms with Crippen LogP contribution < -0.4 is 10.4 Å². The first kappa shape index (κ1) is 35.5. The van der Waals surface area contributed by atoms with Gasteiger partial charge in [0, 0.05) is 31.1 Å². The summed E-state index contributed by atoms with van der Waals surface area (Å²) >= 11 is 0. The van der Waals surface area contributed by atoms with Crippen molar-refractivity contribution in [1.82, 2.24) is 0 Å². The fourth-order valence-electron chi connectivity index (χ4n) is 4.55. The van der Waals surface area contributed by atoms with Crippen LogP contribution in [0.3, 0.4) is 0 Å². The van der Waals surface area contributed by atoms with E-state index in [1.54, 1.807) is 12.1 Å². The zero-order valence-electron chi connectivity index (χ0n) is 24.6. The van der Waals surface area contributed by atoms with Gasteiger partial charge in [0.25, 0.3) is 0 Å². The van der Waals surface area contributed by atoms with E-state index in [4.69, 9.17) is 18.0 Å². The van der Waals surface area contributed by atoms with Crippen LogP contribution in [0.15, 0.2) is 57.7 Å². The summed E-state index contributed by atoms with van der Waals surface area (Å²) in [4.78, 5) is 12.6. The van der Waals surface area contributed by atoms with E-state index in [2.05, 4.69) is 0 Å². The average Bonchev–Trinajstić information content (AvgIpc) is 2.96. The molecule has 2 aromatic carbocycles. The summed E-state index contributed by atoms with van der Waals surface area (Å²) in [6.45, 7) is 5.04. The number of aryl methyl sites for hydroxylation is 1. The highest BCUT2D eigenvalue weighted by molar-refractivity contribution is 6.66. The molecule has 0 atom stereocenters. The minimum atomic E-state index is -6.43. The molecule has 0 unspecified atom stereocenters. The van der Waals surface area contributed by atoms with Gasteiger partial charge in [-0.2, -0.15) is 35.1 Å². The fourth-order valence-corrected chi connectivity index (χ4v) is 6.92. The van der Waals surface area contributed by atoms with Gasteiger partial charge in [0.05, 0.1) is 18.6 Å². The maximum atomic E-state index is 14.5. The second kappa shape index (κ2) is 13.6. The largest absolute Gasteiger partial charge is 0.493 e. The molecule has 0 radical (unpaired) electrons. The first-order chi connectivity index (χ1) is 20.4. The third-order valence-corrected chi connectivity index (χ3v) is 10.1. The summed E-state index contributed by atoms with van der Waals surface area (Å²) in [7, 11) is -3.44. The predicted octanol–water partition coefficient (Wildman–Crippen LogP) is 8.87. The molecule has 1 heterocycles. The van der Waals surface area contributed by atoms with Crippen molar-refractivity contribution in [1.29, 1.82) is 0 Å². The second-order valence-corrected chi connectivity index (χ2v) is 13.7. The van der Waals surface area contributed by atoms with Gasteiger partial charge in [0.1, 0.15) is 11.3 Å². The number of halogens is 8. The molecule has 0 aliphatic rings. The van der Waals surface area contributed by atoms with Crippen LogP contribution in [0.1, 0.15) is 39.2 Å². The van der Waals surface area contributed by atoms with E-state index in [9.17, 15) is 39.9 Å². The van der Waals surface area contributed by atoms with Crippen LogP contribution in [-0.2, 0) is 15.3 Å². The van der Waals surface area contributed by atoms with E-state index in [1.807, 2.05) is 19.1 Å². The van der Waals surface area contributed by atoms with E-state index in [-0.39, 0.29) is 30.1 Å².